The van der Waals surface area contributed by atoms with E-state index in [1.54, 1.807) is 6.20 Å². The SMILES string of the molecule is CC(C)Nc1cc2cc(c1)Nc1nccc(n1)-c1cccc(c1)N(C)CCNC(=O)[C@H](CO)NC2. The molecule has 1 aliphatic heterocycles. The van der Waals surface area contributed by atoms with Gasteiger partial charge in [-0.15, -0.1) is 0 Å². The van der Waals surface area contributed by atoms with Crippen molar-refractivity contribution in [2.75, 3.05) is 42.3 Å². The second-order valence-corrected chi connectivity index (χ2v) is 8.99. The fraction of sp³-hybridized carbons (Fsp3) is 0.346. The largest absolute Gasteiger partial charge is 0.394 e. The molecule has 0 saturated heterocycles. The van der Waals surface area contributed by atoms with Gasteiger partial charge in [0.1, 0.15) is 6.04 Å². The molecular formula is C26H33N7O2. The lowest BCUT2D eigenvalue weighted by Gasteiger charge is -2.22. The molecular weight excluding hydrogens is 442 g/mol. The summed E-state index contributed by atoms with van der Waals surface area (Å²) >= 11 is 0. The van der Waals surface area contributed by atoms with Crippen LogP contribution in [0, 0.1) is 0 Å². The summed E-state index contributed by atoms with van der Waals surface area (Å²) < 4.78 is 0. The third kappa shape index (κ3) is 6.46. The van der Waals surface area contributed by atoms with Crippen molar-refractivity contribution >= 4 is 28.9 Å². The number of benzene rings is 2. The van der Waals surface area contributed by atoms with Gasteiger partial charge in [-0.25, -0.2) is 9.97 Å². The first-order valence-corrected chi connectivity index (χ1v) is 11.9. The summed E-state index contributed by atoms with van der Waals surface area (Å²) in [6.45, 7) is 5.35. The molecule has 0 radical (unpaired) electrons. The van der Waals surface area contributed by atoms with E-state index in [-0.39, 0.29) is 18.6 Å². The molecule has 6 bridgehead atoms. The molecule has 1 aromatic heterocycles. The number of aliphatic hydroxyl groups excluding tert-OH is 1. The fourth-order valence-corrected chi connectivity index (χ4v) is 3.97. The predicted octanol–water partition coefficient (Wildman–Crippen LogP) is 2.72. The first-order valence-electron chi connectivity index (χ1n) is 11.9. The summed E-state index contributed by atoms with van der Waals surface area (Å²) in [5.41, 5.74) is 5.52. The number of hydrogen-bond acceptors (Lipinski definition) is 8. The maximum Gasteiger partial charge on any atom is 0.239 e. The number of carbonyl (C=O) groups excluding carboxylic acids is 1. The van der Waals surface area contributed by atoms with E-state index in [9.17, 15) is 9.90 Å². The minimum atomic E-state index is -0.708. The number of anilines is 4. The zero-order valence-electron chi connectivity index (χ0n) is 20.4. The van der Waals surface area contributed by atoms with Crippen LogP contribution in [0.2, 0.25) is 0 Å². The van der Waals surface area contributed by atoms with E-state index in [2.05, 4.69) is 51.1 Å². The molecule has 0 spiro atoms. The van der Waals surface area contributed by atoms with Gasteiger partial charge in [0.05, 0.1) is 12.3 Å². The number of fused-ring (bicyclic) bond motifs is 7. The molecule has 4 rings (SSSR count). The molecule has 1 amide bonds. The summed E-state index contributed by atoms with van der Waals surface area (Å²) in [7, 11) is 1.98. The molecule has 0 saturated carbocycles. The van der Waals surface area contributed by atoms with Gasteiger partial charge in [0.25, 0.3) is 0 Å². The van der Waals surface area contributed by atoms with Gasteiger partial charge in [-0.05, 0) is 55.8 Å². The number of likely N-dealkylation sites (N-methyl/N-ethyl adjacent to an activating group) is 1. The van der Waals surface area contributed by atoms with Crippen LogP contribution in [-0.4, -0.2) is 59.8 Å². The Labute approximate surface area is 206 Å². The van der Waals surface area contributed by atoms with Crippen LogP contribution in [0.4, 0.5) is 23.0 Å². The lowest BCUT2D eigenvalue weighted by molar-refractivity contribution is -0.124. The lowest BCUT2D eigenvalue weighted by Crippen LogP contribution is -2.47. The number of nitrogens with zero attached hydrogens (tertiary/aromatic N) is 3. The molecule has 5 N–H and O–H groups in total. The number of amides is 1. The molecule has 35 heavy (non-hydrogen) atoms. The van der Waals surface area contributed by atoms with Crippen LogP contribution < -0.4 is 26.2 Å². The quantitative estimate of drug-likeness (QED) is 0.393. The van der Waals surface area contributed by atoms with Crippen LogP contribution in [0.25, 0.3) is 11.3 Å². The average molecular weight is 476 g/mol. The van der Waals surface area contributed by atoms with Crippen LogP contribution in [-0.2, 0) is 11.3 Å². The van der Waals surface area contributed by atoms with E-state index >= 15 is 0 Å². The van der Waals surface area contributed by atoms with E-state index in [4.69, 9.17) is 4.98 Å². The molecule has 1 atom stereocenters. The minimum absolute atomic E-state index is 0.228. The topological polar surface area (TPSA) is 114 Å². The van der Waals surface area contributed by atoms with Crippen LogP contribution in [0.15, 0.2) is 54.7 Å². The molecule has 2 heterocycles. The molecule has 0 fully saturated rings. The van der Waals surface area contributed by atoms with Gasteiger partial charge in [-0.1, -0.05) is 12.1 Å². The number of carbonyl (C=O) groups is 1. The van der Waals surface area contributed by atoms with Crippen LogP contribution in [0.5, 0.6) is 0 Å². The Morgan fingerprint density at radius 3 is 2.86 bits per heavy atom. The Morgan fingerprint density at radius 1 is 1.20 bits per heavy atom. The number of hydrogen-bond donors (Lipinski definition) is 5. The Balaban J connectivity index is 1.72. The first-order chi connectivity index (χ1) is 16.9. The molecule has 2 aromatic carbocycles. The third-order valence-corrected chi connectivity index (χ3v) is 5.74. The van der Waals surface area contributed by atoms with Crippen molar-refractivity contribution in [1.29, 1.82) is 0 Å². The maximum absolute atomic E-state index is 12.7. The highest BCUT2D eigenvalue weighted by atomic mass is 16.3. The molecule has 9 nitrogen and oxygen atoms in total. The van der Waals surface area contributed by atoms with Crippen molar-refractivity contribution < 1.29 is 9.90 Å². The van der Waals surface area contributed by atoms with Crippen LogP contribution >= 0.6 is 0 Å². The molecule has 1 aliphatic rings. The van der Waals surface area contributed by atoms with E-state index in [0.717, 1.165) is 33.9 Å². The van der Waals surface area contributed by atoms with Gasteiger partial charge in [-0.3, -0.25) is 10.1 Å². The van der Waals surface area contributed by atoms with Gasteiger partial charge in [0.15, 0.2) is 0 Å². The predicted molar refractivity (Wildman–Crippen MR) is 140 cm³/mol. The Morgan fingerprint density at radius 2 is 2.06 bits per heavy atom. The van der Waals surface area contributed by atoms with Gasteiger partial charge in [0, 0.05) is 61.5 Å². The summed E-state index contributed by atoms with van der Waals surface area (Å²) in [6.07, 6.45) is 1.75. The second-order valence-electron chi connectivity index (χ2n) is 8.99. The van der Waals surface area contributed by atoms with E-state index < -0.39 is 6.04 Å². The van der Waals surface area contributed by atoms with Crippen molar-refractivity contribution in [3.63, 3.8) is 0 Å². The van der Waals surface area contributed by atoms with Gasteiger partial charge >= 0.3 is 0 Å². The van der Waals surface area contributed by atoms with Crippen molar-refractivity contribution in [1.82, 2.24) is 20.6 Å². The first kappa shape index (κ1) is 24.4. The smallest absolute Gasteiger partial charge is 0.239 e. The van der Waals surface area contributed by atoms with E-state index in [1.165, 1.54) is 0 Å². The monoisotopic (exact) mass is 475 g/mol. The van der Waals surface area contributed by atoms with E-state index in [1.807, 2.05) is 49.5 Å². The highest BCUT2D eigenvalue weighted by Gasteiger charge is 2.17. The highest BCUT2D eigenvalue weighted by molar-refractivity contribution is 5.82. The normalized spacial score (nSPS) is 16.7. The lowest BCUT2D eigenvalue weighted by atomic mass is 10.1. The third-order valence-electron chi connectivity index (χ3n) is 5.74. The number of rotatable bonds is 3. The minimum Gasteiger partial charge on any atom is -0.394 e. The van der Waals surface area contributed by atoms with Crippen molar-refractivity contribution in [2.24, 2.45) is 0 Å². The van der Waals surface area contributed by atoms with E-state index in [0.29, 0.717) is 25.6 Å². The summed E-state index contributed by atoms with van der Waals surface area (Å²) in [5.74, 6) is 0.268. The van der Waals surface area contributed by atoms with Gasteiger partial charge < -0.3 is 26.0 Å². The highest BCUT2D eigenvalue weighted by Crippen LogP contribution is 2.26. The van der Waals surface area contributed by atoms with Gasteiger partial charge in [-0.2, -0.15) is 0 Å². The number of aliphatic hydroxyl groups is 1. The molecule has 9 heteroatoms. The van der Waals surface area contributed by atoms with Crippen molar-refractivity contribution in [3.05, 3.63) is 60.3 Å². The maximum atomic E-state index is 12.7. The zero-order valence-corrected chi connectivity index (χ0v) is 20.4. The summed E-state index contributed by atoms with van der Waals surface area (Å²) in [5, 5.41) is 22.7. The second kappa shape index (κ2) is 11.2. The average Bonchev–Trinajstić information content (AvgIpc) is 2.83. The molecule has 3 aromatic rings. The summed E-state index contributed by atoms with van der Waals surface area (Å²) in [4.78, 5) is 23.9. The van der Waals surface area contributed by atoms with Crippen molar-refractivity contribution in [3.8, 4) is 11.3 Å². The fourth-order valence-electron chi connectivity index (χ4n) is 3.97. The van der Waals surface area contributed by atoms with Crippen LogP contribution in [0.3, 0.4) is 0 Å². The number of nitrogens with one attached hydrogen (secondary N) is 4. The Hall–Kier alpha value is -3.69. The Kier molecular flexibility index (Phi) is 7.79. The van der Waals surface area contributed by atoms with Crippen LogP contribution in [0.1, 0.15) is 19.4 Å². The van der Waals surface area contributed by atoms with Gasteiger partial charge in [0.2, 0.25) is 11.9 Å². The zero-order chi connectivity index (χ0) is 24.8. The molecule has 184 valence electrons. The standard InChI is InChI=1S/C26H33N7O2/c1-17(2)30-20-11-18-12-21(14-20)31-26-28-8-7-23(32-26)19-5-4-6-22(13-19)33(3)10-9-27-25(35)24(16-34)29-15-18/h4-8,11-14,17,24,29-30,34H,9-10,15-16H2,1-3H3,(H,27,35)(H,28,31,32)/t24-/m0/s1. The molecule has 0 unspecified atom stereocenters. The summed E-state index contributed by atoms with van der Waals surface area (Å²) in [6, 6.07) is 15.6. The van der Waals surface area contributed by atoms with Crippen molar-refractivity contribution in [2.45, 2.75) is 32.5 Å². The number of aromatic nitrogens is 2. The Bertz CT molecular complexity index is 1170. The molecule has 0 aliphatic carbocycles.